The first-order valence-electron chi connectivity index (χ1n) is 1.00. The van der Waals surface area contributed by atoms with Gasteiger partial charge in [0.1, 0.15) is 0 Å². The van der Waals surface area contributed by atoms with Crippen molar-refractivity contribution in [1.29, 1.82) is 0 Å². The summed E-state index contributed by atoms with van der Waals surface area (Å²) in [4.78, 5) is 0. The van der Waals surface area contributed by atoms with Crippen molar-refractivity contribution in [2.45, 2.75) is 0 Å². The summed E-state index contributed by atoms with van der Waals surface area (Å²) < 4.78 is 23.8. The molecule has 0 spiro atoms. The van der Waals surface area contributed by atoms with Crippen molar-refractivity contribution in [3.8, 4) is 0 Å². The first-order chi connectivity index (χ1) is 2.71. The van der Waals surface area contributed by atoms with Gasteiger partial charge in [-0.2, -0.15) is 0 Å². The molecule has 6 heteroatoms. The van der Waals surface area contributed by atoms with E-state index < -0.39 is 8.54 Å². The van der Waals surface area contributed by atoms with Gasteiger partial charge in [0.05, 0.1) is 0 Å². The SMILES string of the molecule is O=S1(=O)OS[Se]1. The molecule has 0 aromatic carbocycles. The Hall–Kier alpha value is 0.779. The topological polar surface area (TPSA) is 43.4 Å². The van der Waals surface area contributed by atoms with Crippen LogP contribution in [0.4, 0.5) is 0 Å². The van der Waals surface area contributed by atoms with Crippen LogP contribution in [0.5, 0.6) is 0 Å². The number of rotatable bonds is 0. The van der Waals surface area contributed by atoms with E-state index >= 15 is 0 Å². The molecule has 0 amide bonds. The molecule has 0 saturated carbocycles. The van der Waals surface area contributed by atoms with Gasteiger partial charge in [0.25, 0.3) is 0 Å². The van der Waals surface area contributed by atoms with Crippen LogP contribution in [0, 0.1) is 0 Å². The zero-order valence-electron chi connectivity index (χ0n) is 2.45. The summed E-state index contributed by atoms with van der Waals surface area (Å²) in [6, 6.07) is 0. The van der Waals surface area contributed by atoms with Crippen LogP contribution in [0.1, 0.15) is 0 Å². The molecule has 0 radical (unpaired) electrons. The van der Waals surface area contributed by atoms with E-state index in [1.165, 1.54) is 0 Å². The Morgan fingerprint density at radius 1 is 1.67 bits per heavy atom. The van der Waals surface area contributed by atoms with Crippen LogP contribution in [0.2, 0.25) is 0 Å². The van der Waals surface area contributed by atoms with Crippen LogP contribution >= 0.6 is 10.5 Å². The zero-order valence-corrected chi connectivity index (χ0v) is 5.80. The molecule has 0 unspecified atom stereocenters. The summed E-state index contributed by atoms with van der Waals surface area (Å²) in [5.41, 5.74) is 0. The molecule has 1 fully saturated rings. The molecule has 1 saturated heterocycles. The monoisotopic (exact) mass is 192 g/mol. The number of hydrogen-bond acceptors (Lipinski definition) is 4. The van der Waals surface area contributed by atoms with E-state index in [0.29, 0.717) is 0 Å². The molecule has 1 heterocycles. The Bertz CT molecular complexity index is 123. The average molecular weight is 191 g/mol. The van der Waals surface area contributed by atoms with Crippen LogP contribution in [-0.2, 0) is 12.2 Å². The Labute approximate surface area is 44.1 Å². The molecule has 6 heavy (non-hydrogen) atoms. The zero-order chi connectivity index (χ0) is 4.62. The molecule has 36 valence electrons. The Morgan fingerprint density at radius 3 is 2.00 bits per heavy atom. The summed E-state index contributed by atoms with van der Waals surface area (Å²) >= 11 is -0.340. The minimum atomic E-state index is -2.96. The van der Waals surface area contributed by atoms with Gasteiger partial charge in [-0.25, -0.2) is 0 Å². The van der Waals surface area contributed by atoms with Crippen LogP contribution in [-0.4, -0.2) is 21.1 Å². The van der Waals surface area contributed by atoms with Gasteiger partial charge in [-0.05, 0) is 0 Å². The van der Waals surface area contributed by atoms with E-state index in [9.17, 15) is 8.42 Å². The third-order valence-corrected chi connectivity index (χ3v) is 8.29. The molecular formula is O3S2Se. The molecule has 1 aliphatic heterocycles. The molecule has 0 atom stereocenters. The van der Waals surface area contributed by atoms with Crippen molar-refractivity contribution in [2.24, 2.45) is 0 Å². The average Bonchev–Trinajstić information content (AvgIpc) is 1.32. The maximum atomic E-state index is 9.87. The van der Waals surface area contributed by atoms with Crippen molar-refractivity contribution in [2.75, 3.05) is 0 Å². The fourth-order valence-corrected chi connectivity index (χ4v) is 3.42. The van der Waals surface area contributed by atoms with Crippen molar-refractivity contribution >= 4 is 31.7 Å². The first-order valence-corrected chi connectivity index (χ1v) is 7.20. The third-order valence-electron chi connectivity index (χ3n) is 0.222. The van der Waals surface area contributed by atoms with Crippen molar-refractivity contribution in [3.05, 3.63) is 0 Å². The second kappa shape index (κ2) is 1.38. The summed E-state index contributed by atoms with van der Waals surface area (Å²) in [5, 5.41) is 0. The molecule has 1 aliphatic rings. The third kappa shape index (κ3) is 0.886. The summed E-state index contributed by atoms with van der Waals surface area (Å²) in [7, 11) is -1.94. The molecule has 3 nitrogen and oxygen atoms in total. The first kappa shape index (κ1) is 4.93. The van der Waals surface area contributed by atoms with Gasteiger partial charge in [-0.1, -0.05) is 0 Å². The van der Waals surface area contributed by atoms with E-state index in [4.69, 9.17) is 0 Å². The van der Waals surface area contributed by atoms with Crippen LogP contribution < -0.4 is 0 Å². The van der Waals surface area contributed by atoms with Gasteiger partial charge in [-0.15, -0.1) is 0 Å². The molecule has 0 aromatic heterocycles. The van der Waals surface area contributed by atoms with E-state index in [0.717, 1.165) is 10.5 Å². The molecule has 1 rings (SSSR count). The van der Waals surface area contributed by atoms with Crippen molar-refractivity contribution in [3.63, 3.8) is 0 Å². The van der Waals surface area contributed by atoms with Crippen molar-refractivity contribution < 1.29 is 12.0 Å². The summed E-state index contributed by atoms with van der Waals surface area (Å²) in [6.45, 7) is 0. The molecule has 0 aliphatic carbocycles. The molecule has 0 aromatic rings. The van der Waals surface area contributed by atoms with Gasteiger partial charge >= 0.3 is 43.8 Å². The number of hydrogen-bond donors (Lipinski definition) is 0. The quantitative estimate of drug-likeness (QED) is 0.383. The standard InChI is InChI=1S/O3S2Se/c1-5(2)3-4-6-5. The molecule has 0 N–H and O–H groups in total. The minimum absolute atomic E-state index is 0.340. The van der Waals surface area contributed by atoms with Crippen LogP contribution in [0.25, 0.3) is 0 Å². The van der Waals surface area contributed by atoms with Gasteiger partial charge in [0, 0.05) is 0 Å². The molecule has 0 bridgehead atoms. The van der Waals surface area contributed by atoms with Crippen LogP contribution in [0.3, 0.4) is 0 Å². The Kier molecular flexibility index (Phi) is 1.13. The predicted molar refractivity (Wildman–Crippen MR) is 23.3 cm³/mol. The van der Waals surface area contributed by atoms with E-state index in [1.807, 2.05) is 0 Å². The van der Waals surface area contributed by atoms with Crippen LogP contribution in [0.15, 0.2) is 0 Å². The fraction of sp³-hybridized carbons (Fsp3) is 0. The van der Waals surface area contributed by atoms with Gasteiger partial charge < -0.3 is 0 Å². The van der Waals surface area contributed by atoms with E-state index in [1.54, 1.807) is 0 Å². The Morgan fingerprint density at radius 2 is 2.00 bits per heavy atom. The second-order valence-corrected chi connectivity index (χ2v) is 8.65. The normalized spacial score (nSPS) is 28.7. The summed E-state index contributed by atoms with van der Waals surface area (Å²) in [6.07, 6.45) is 0. The van der Waals surface area contributed by atoms with E-state index in [2.05, 4.69) is 3.63 Å². The van der Waals surface area contributed by atoms with Crippen molar-refractivity contribution in [1.82, 2.24) is 0 Å². The summed E-state index contributed by atoms with van der Waals surface area (Å²) in [5.74, 6) is 0. The molecular weight excluding hydrogens is 191 g/mol. The van der Waals surface area contributed by atoms with E-state index in [-0.39, 0.29) is 12.7 Å². The maximum absolute atomic E-state index is 9.87. The van der Waals surface area contributed by atoms with Gasteiger partial charge in [0.15, 0.2) is 0 Å². The Balaban J connectivity index is 2.78. The van der Waals surface area contributed by atoms with Gasteiger partial charge in [-0.3, -0.25) is 0 Å². The second-order valence-electron chi connectivity index (χ2n) is 0.612. The van der Waals surface area contributed by atoms with Gasteiger partial charge in [0.2, 0.25) is 0 Å². The fourth-order valence-electron chi connectivity index (χ4n) is 0.0731. The predicted octanol–water partition coefficient (Wildman–Crippen LogP) is -0.471.